The first kappa shape index (κ1) is 37.8. The third kappa shape index (κ3) is 9.54. The minimum absolute atomic E-state index is 0.0715. The molecule has 1 saturated heterocycles. The number of hydrogen-bond donors (Lipinski definition) is 3. The van der Waals surface area contributed by atoms with Crippen molar-refractivity contribution < 1.29 is 51.8 Å². The average Bonchev–Trinajstić information content (AvgIpc) is 3.51. The molecule has 13 nitrogen and oxygen atoms in total. The van der Waals surface area contributed by atoms with Gasteiger partial charge in [0.1, 0.15) is 12.1 Å². The molecule has 0 spiro atoms. The highest BCUT2D eigenvalue weighted by Crippen LogP contribution is 2.24. The lowest BCUT2D eigenvalue weighted by Gasteiger charge is -2.32. The zero-order valence-corrected chi connectivity index (χ0v) is 26.8. The molecule has 0 saturated carbocycles. The van der Waals surface area contributed by atoms with Crippen molar-refractivity contribution in [1.29, 1.82) is 0 Å². The maximum Gasteiger partial charge on any atom is 0.383 e. The fourth-order valence-electron chi connectivity index (χ4n) is 4.81. The Hall–Kier alpha value is -4.43. The first-order valence-corrected chi connectivity index (χ1v) is 15.0. The largest absolute Gasteiger partial charge is 0.466 e. The van der Waals surface area contributed by atoms with Crippen LogP contribution in [-0.4, -0.2) is 97.1 Å². The van der Waals surface area contributed by atoms with Crippen LogP contribution in [0.5, 0.6) is 0 Å². The van der Waals surface area contributed by atoms with E-state index in [0.717, 1.165) is 0 Å². The summed E-state index contributed by atoms with van der Waals surface area (Å²) < 4.78 is 39.1. The van der Waals surface area contributed by atoms with Gasteiger partial charge in [-0.05, 0) is 55.9 Å². The lowest BCUT2D eigenvalue weighted by atomic mass is 9.94. The molecule has 46 heavy (non-hydrogen) atoms. The number of halogens is 2. The molecule has 0 bridgehead atoms. The smallest absolute Gasteiger partial charge is 0.383 e. The number of methoxy groups -OCH3 is 1. The average molecular weight is 653 g/mol. The number of nitrogens with one attached hydrogen (secondary N) is 3. The van der Waals surface area contributed by atoms with Crippen LogP contribution in [0, 0.1) is 11.8 Å². The fourth-order valence-corrected chi connectivity index (χ4v) is 4.81. The van der Waals surface area contributed by atoms with Gasteiger partial charge in [-0.3, -0.25) is 28.8 Å². The summed E-state index contributed by atoms with van der Waals surface area (Å²) in [5.74, 6) is -12.9. The molecule has 1 fully saturated rings. The van der Waals surface area contributed by atoms with E-state index < -0.39 is 83.8 Å². The van der Waals surface area contributed by atoms with Gasteiger partial charge in [0.25, 0.3) is 11.8 Å². The number of esters is 2. The van der Waals surface area contributed by atoms with Gasteiger partial charge < -0.3 is 30.3 Å². The zero-order valence-electron chi connectivity index (χ0n) is 26.8. The Morgan fingerprint density at radius 2 is 1.52 bits per heavy atom. The van der Waals surface area contributed by atoms with Gasteiger partial charge in [-0.2, -0.15) is 8.78 Å². The third-order valence-corrected chi connectivity index (χ3v) is 7.39. The number of Topliss-reactive ketones (excluding diaryl/α,β-unsaturated/α-hetero) is 1. The van der Waals surface area contributed by atoms with Gasteiger partial charge in [-0.1, -0.05) is 27.7 Å². The van der Waals surface area contributed by atoms with Crippen molar-refractivity contribution in [3.63, 3.8) is 0 Å². The Balaban J connectivity index is 2.14. The van der Waals surface area contributed by atoms with Crippen molar-refractivity contribution in [1.82, 2.24) is 20.9 Å². The number of nitrogens with zero attached hydrogens (tertiary/aromatic N) is 1. The van der Waals surface area contributed by atoms with Crippen molar-refractivity contribution >= 4 is 41.4 Å². The molecular formula is C31H42F2N4O9. The van der Waals surface area contributed by atoms with Crippen LogP contribution < -0.4 is 16.0 Å². The summed E-state index contributed by atoms with van der Waals surface area (Å²) in [6.45, 7) is 7.51. The van der Waals surface area contributed by atoms with Crippen LogP contribution in [0.15, 0.2) is 24.3 Å². The van der Waals surface area contributed by atoms with E-state index in [4.69, 9.17) is 0 Å². The van der Waals surface area contributed by atoms with Crippen LogP contribution in [0.2, 0.25) is 0 Å². The standard InChI is InChI=1S/C31H42F2N4O9/c1-7-46-22(38)14-15-34-30(44)31(32,33)25(39)23(17(2)3)35-27(41)21-9-8-16-37(21)28(42)24(18(4)5)36-26(40)19-10-12-20(13-11-19)29(43)45-6/h10-13,17-18,21,23-24H,7-9,14-16H2,1-6H3,(H,34,44)(H,35,41)(H,36,40)/t21-,23?,24-/m0/s1. The molecule has 3 N–H and O–H groups in total. The summed E-state index contributed by atoms with van der Waals surface area (Å²) >= 11 is 0. The molecule has 15 heteroatoms. The number of ether oxygens (including phenoxy) is 2. The molecule has 1 aromatic carbocycles. The second-order valence-electron chi connectivity index (χ2n) is 11.4. The van der Waals surface area contributed by atoms with Gasteiger partial charge in [-0.25, -0.2) is 4.79 Å². The molecule has 1 aliphatic rings. The summed E-state index contributed by atoms with van der Waals surface area (Å²) in [5, 5.41) is 6.82. The first-order valence-electron chi connectivity index (χ1n) is 15.0. The normalized spacial score (nSPS) is 16.0. The van der Waals surface area contributed by atoms with Gasteiger partial charge in [0.05, 0.1) is 31.7 Å². The monoisotopic (exact) mass is 652 g/mol. The summed E-state index contributed by atoms with van der Waals surface area (Å²) in [6.07, 6.45) is 0.200. The predicted octanol–water partition coefficient (Wildman–Crippen LogP) is 1.63. The molecule has 2 rings (SSSR count). The van der Waals surface area contributed by atoms with Crippen molar-refractivity contribution in [2.75, 3.05) is 26.8 Å². The van der Waals surface area contributed by atoms with E-state index in [1.165, 1.54) is 50.1 Å². The lowest BCUT2D eigenvalue weighted by molar-refractivity contribution is -0.161. The second kappa shape index (κ2) is 16.8. The Bertz CT molecular complexity index is 1300. The lowest BCUT2D eigenvalue weighted by Crippen LogP contribution is -2.60. The Morgan fingerprint density at radius 1 is 0.935 bits per heavy atom. The topological polar surface area (TPSA) is 177 Å². The maximum atomic E-state index is 14.9. The summed E-state index contributed by atoms with van der Waals surface area (Å²) in [4.78, 5) is 89.4. The first-order chi connectivity index (χ1) is 21.6. The van der Waals surface area contributed by atoms with Crippen LogP contribution >= 0.6 is 0 Å². The van der Waals surface area contributed by atoms with E-state index in [1.807, 2.05) is 5.32 Å². The minimum atomic E-state index is -4.52. The Kier molecular flexibility index (Phi) is 13.8. The van der Waals surface area contributed by atoms with E-state index in [-0.39, 0.29) is 37.1 Å². The van der Waals surface area contributed by atoms with E-state index in [1.54, 1.807) is 20.8 Å². The molecule has 0 aromatic heterocycles. The van der Waals surface area contributed by atoms with Crippen molar-refractivity contribution in [2.45, 2.75) is 77.9 Å². The molecule has 1 aromatic rings. The highest BCUT2D eigenvalue weighted by Gasteiger charge is 2.51. The van der Waals surface area contributed by atoms with Crippen LogP contribution in [0.1, 0.15) is 74.6 Å². The SMILES string of the molecule is CCOC(=O)CCNC(=O)C(F)(F)C(=O)C(NC(=O)[C@@H]1CCCN1C(=O)[C@@H](NC(=O)c1ccc(C(=O)OC)cc1)C(C)C)C(C)C. The van der Waals surface area contributed by atoms with Crippen molar-refractivity contribution in [2.24, 2.45) is 11.8 Å². The van der Waals surface area contributed by atoms with E-state index >= 15 is 0 Å². The summed E-state index contributed by atoms with van der Waals surface area (Å²) in [6, 6.07) is 1.64. The van der Waals surface area contributed by atoms with Crippen molar-refractivity contribution in [3.05, 3.63) is 35.4 Å². The number of rotatable bonds is 15. The van der Waals surface area contributed by atoms with Gasteiger partial charge >= 0.3 is 17.9 Å². The number of carbonyl (C=O) groups excluding carboxylic acids is 7. The van der Waals surface area contributed by atoms with E-state index in [0.29, 0.717) is 6.42 Å². The van der Waals surface area contributed by atoms with E-state index in [9.17, 15) is 42.3 Å². The van der Waals surface area contributed by atoms with Crippen molar-refractivity contribution in [3.8, 4) is 0 Å². The van der Waals surface area contributed by atoms with Crippen LogP contribution in [0.3, 0.4) is 0 Å². The molecule has 1 unspecified atom stereocenters. The predicted molar refractivity (Wildman–Crippen MR) is 160 cm³/mol. The highest BCUT2D eigenvalue weighted by atomic mass is 19.3. The molecule has 1 heterocycles. The van der Waals surface area contributed by atoms with Crippen LogP contribution in [-0.2, 0) is 33.4 Å². The molecule has 1 aliphatic heterocycles. The van der Waals surface area contributed by atoms with Crippen LogP contribution in [0.25, 0.3) is 0 Å². The maximum absolute atomic E-state index is 14.9. The summed E-state index contributed by atoms with van der Waals surface area (Å²) in [5.41, 5.74) is 0.401. The van der Waals surface area contributed by atoms with Gasteiger partial charge in [-0.15, -0.1) is 0 Å². The minimum Gasteiger partial charge on any atom is -0.466 e. The Labute approximate surface area is 266 Å². The van der Waals surface area contributed by atoms with Gasteiger partial charge in [0, 0.05) is 18.7 Å². The third-order valence-electron chi connectivity index (χ3n) is 7.39. The summed E-state index contributed by atoms with van der Waals surface area (Å²) in [7, 11) is 1.22. The molecule has 0 radical (unpaired) electrons. The quantitative estimate of drug-likeness (QED) is 0.188. The number of carbonyl (C=O) groups is 7. The van der Waals surface area contributed by atoms with Gasteiger partial charge in [0.2, 0.25) is 17.6 Å². The Morgan fingerprint density at radius 3 is 2.07 bits per heavy atom. The molecule has 254 valence electrons. The number of hydrogen-bond acceptors (Lipinski definition) is 9. The number of benzene rings is 1. The second-order valence-corrected chi connectivity index (χ2v) is 11.4. The molecule has 3 atom stereocenters. The van der Waals surface area contributed by atoms with Gasteiger partial charge in [0.15, 0.2) is 0 Å². The molecule has 0 aliphatic carbocycles. The number of ketones is 1. The fraction of sp³-hybridized carbons (Fsp3) is 0.581. The molecular weight excluding hydrogens is 610 g/mol. The highest BCUT2D eigenvalue weighted by molar-refractivity contribution is 6.11. The number of alkyl halides is 2. The number of amides is 4. The zero-order chi connectivity index (χ0) is 34.8. The molecule has 4 amide bonds. The van der Waals surface area contributed by atoms with Crippen LogP contribution in [0.4, 0.5) is 8.78 Å². The van der Waals surface area contributed by atoms with E-state index in [2.05, 4.69) is 20.1 Å². The number of likely N-dealkylation sites (tertiary alicyclic amines) is 1.